The highest BCUT2D eigenvalue weighted by molar-refractivity contribution is 7.88. The number of nitrogens with one attached hydrogen (secondary N) is 1. The van der Waals surface area contributed by atoms with Crippen molar-refractivity contribution >= 4 is 77.6 Å². The molecule has 23 heteroatoms. The summed E-state index contributed by atoms with van der Waals surface area (Å²) in [7, 11) is -3.13. The molecular weight excluding hydrogens is 1160 g/mol. The molecule has 5 aliphatic heterocycles. The van der Waals surface area contributed by atoms with Gasteiger partial charge in [-0.15, -0.1) is 11.3 Å². The topological polar surface area (TPSA) is 246 Å². The highest BCUT2D eigenvalue weighted by atomic mass is 32.2. The van der Waals surface area contributed by atoms with Gasteiger partial charge in [-0.05, 0) is 49.1 Å². The number of piperazine rings is 1. The second-order valence-corrected chi connectivity index (χ2v) is 27.2. The van der Waals surface area contributed by atoms with E-state index in [2.05, 4.69) is 31.0 Å². The number of anilines is 1. The van der Waals surface area contributed by atoms with Gasteiger partial charge in [0.25, 0.3) is 0 Å². The Bertz CT molecular complexity index is 4050. The molecule has 88 heavy (non-hydrogen) atoms. The lowest BCUT2D eigenvalue weighted by molar-refractivity contribution is -0.149. The molecule has 3 aromatic carbocycles. The van der Waals surface area contributed by atoms with E-state index in [9.17, 15) is 32.4 Å². The number of hydrogen-bond acceptors (Lipinski definition) is 20. The minimum atomic E-state index is -3.13. The first-order chi connectivity index (χ1) is 42.4. The number of nitrogens with zero attached hydrogens (tertiary/aromatic N) is 7. The normalized spacial score (nSPS) is 25.6. The number of ether oxygens (including phenoxy) is 5. The number of thiophene rings is 1. The number of cyclic esters (lactones) is 1. The van der Waals surface area contributed by atoms with Crippen LogP contribution < -0.4 is 9.64 Å². The second-order valence-electron chi connectivity index (χ2n) is 24.1. The van der Waals surface area contributed by atoms with Crippen molar-refractivity contribution in [2.24, 2.45) is 11.3 Å². The number of furan rings is 1. The summed E-state index contributed by atoms with van der Waals surface area (Å²) in [6.45, 7) is 16.3. The van der Waals surface area contributed by atoms with Crippen LogP contribution in [0.4, 0.5) is 5.82 Å². The molecule has 0 amide bonds. The molecule has 21 nitrogen and oxygen atoms in total. The molecule has 9 heterocycles. The number of rotatable bonds is 9. The zero-order chi connectivity index (χ0) is 61.2. The summed E-state index contributed by atoms with van der Waals surface area (Å²) in [5, 5.41) is 8.23. The van der Waals surface area contributed by atoms with E-state index < -0.39 is 45.0 Å². The molecule has 6 atom stereocenters. The fraction of sp³-hybridized carbons (Fsp3) is 0.446. The predicted octanol–water partition coefficient (Wildman–Crippen LogP) is 8.43. The Kier molecular flexibility index (Phi) is 16.1. The van der Waals surface area contributed by atoms with Gasteiger partial charge in [0, 0.05) is 123 Å². The summed E-state index contributed by atoms with van der Waals surface area (Å²) in [4.78, 5) is 81.7. The van der Waals surface area contributed by atoms with E-state index in [0.29, 0.717) is 105 Å². The Labute approximate surface area is 513 Å². The lowest BCUT2D eigenvalue weighted by Gasteiger charge is -2.51. The van der Waals surface area contributed by atoms with Crippen molar-refractivity contribution in [1.29, 1.82) is 0 Å². The number of ketones is 3. The fourth-order valence-electron chi connectivity index (χ4n) is 14.4. The molecule has 8 aliphatic rings. The second kappa shape index (κ2) is 23.8. The lowest BCUT2D eigenvalue weighted by atomic mass is 9.54. The van der Waals surface area contributed by atoms with Gasteiger partial charge in [-0.3, -0.25) is 34.1 Å². The number of Topliss-reactive ketones (excluding diaryl/α,β-unsaturated/α-hetero) is 3. The summed E-state index contributed by atoms with van der Waals surface area (Å²) in [5.74, 6) is 1.17. The molecule has 1 unspecified atom stereocenters. The first-order valence-electron chi connectivity index (χ1n) is 30.2. The number of carbonyl (C=O) groups is 5. The van der Waals surface area contributed by atoms with Crippen LogP contribution >= 0.6 is 11.3 Å². The van der Waals surface area contributed by atoms with Crippen molar-refractivity contribution in [2.75, 3.05) is 89.9 Å². The van der Waals surface area contributed by atoms with Crippen LogP contribution in [0.1, 0.15) is 102 Å². The van der Waals surface area contributed by atoms with Crippen LogP contribution in [0, 0.1) is 11.3 Å². The van der Waals surface area contributed by atoms with E-state index in [-0.39, 0.29) is 40.8 Å². The van der Waals surface area contributed by atoms with Crippen molar-refractivity contribution in [2.45, 2.75) is 90.2 Å². The number of allylic oxidation sites excluding steroid dienone is 1. The van der Waals surface area contributed by atoms with E-state index >= 15 is 0 Å². The number of para-hydroxylation sites is 1. The predicted molar refractivity (Wildman–Crippen MR) is 328 cm³/mol. The first-order valence-corrected chi connectivity index (χ1v) is 32.8. The molecule has 4 fully saturated rings. The minimum Gasteiger partial charge on any atom is -0.473 e. The Balaban J connectivity index is 0.000000124. The smallest absolute Gasteiger partial charge is 0.342 e. The van der Waals surface area contributed by atoms with Gasteiger partial charge >= 0.3 is 11.9 Å². The maximum atomic E-state index is 13.7. The number of H-pyrrole nitrogens is 1. The largest absolute Gasteiger partial charge is 0.473 e. The lowest BCUT2D eigenvalue weighted by Crippen LogP contribution is -2.56. The molecule has 1 N–H and O–H groups in total. The van der Waals surface area contributed by atoms with Gasteiger partial charge in [0.1, 0.15) is 35.6 Å². The number of esters is 2. The van der Waals surface area contributed by atoms with Crippen LogP contribution in [0.5, 0.6) is 5.75 Å². The molecule has 0 radical (unpaired) electrons. The van der Waals surface area contributed by atoms with Gasteiger partial charge in [0.05, 0.1) is 72.0 Å². The quantitative estimate of drug-likeness (QED) is 0.133. The third-order valence-electron chi connectivity index (χ3n) is 18.8. The number of benzene rings is 3. The van der Waals surface area contributed by atoms with Gasteiger partial charge in [0.15, 0.2) is 29.4 Å². The van der Waals surface area contributed by atoms with Gasteiger partial charge in [0.2, 0.25) is 15.8 Å². The van der Waals surface area contributed by atoms with Crippen LogP contribution in [0.3, 0.4) is 0 Å². The molecule has 3 aliphatic carbocycles. The van der Waals surface area contributed by atoms with Crippen LogP contribution in [-0.2, 0) is 50.5 Å². The van der Waals surface area contributed by atoms with Crippen molar-refractivity contribution in [3.63, 3.8) is 0 Å². The number of sulfonamides is 1. The molecule has 15 rings (SSSR count). The number of hydrogen-bond donors (Lipinski definition) is 1. The average Bonchev–Trinajstić information content (AvgIpc) is 1.32. The zero-order valence-electron chi connectivity index (χ0n) is 49.9. The van der Waals surface area contributed by atoms with E-state index in [1.807, 2.05) is 93.7 Å². The highest BCUT2D eigenvalue weighted by Crippen LogP contribution is 2.61. The van der Waals surface area contributed by atoms with Crippen LogP contribution in [0.25, 0.3) is 43.6 Å². The summed E-state index contributed by atoms with van der Waals surface area (Å²) in [5.41, 5.74) is 5.91. The zero-order valence-corrected chi connectivity index (χ0v) is 51.5. The molecule has 460 valence electrons. The first kappa shape index (κ1) is 59.5. The number of aromatic nitrogens is 4. The van der Waals surface area contributed by atoms with E-state index in [0.717, 1.165) is 89.4 Å². The van der Waals surface area contributed by atoms with Gasteiger partial charge in [-0.25, -0.2) is 23.2 Å². The van der Waals surface area contributed by atoms with Crippen LogP contribution in [0.2, 0.25) is 0 Å². The Morgan fingerprint density at radius 2 is 1.56 bits per heavy atom. The van der Waals surface area contributed by atoms with Crippen molar-refractivity contribution in [3.8, 4) is 28.3 Å². The number of morpholine rings is 2. The van der Waals surface area contributed by atoms with Gasteiger partial charge in [-0.2, -0.15) is 9.40 Å². The van der Waals surface area contributed by atoms with Crippen LogP contribution in [0.15, 0.2) is 101 Å². The molecule has 4 aromatic heterocycles. The van der Waals surface area contributed by atoms with Crippen molar-refractivity contribution < 1.29 is 60.5 Å². The third kappa shape index (κ3) is 10.7. The summed E-state index contributed by atoms with van der Waals surface area (Å²) < 4.78 is 60.7. The maximum absolute atomic E-state index is 13.7. The number of aromatic amines is 1. The fourth-order valence-corrected chi connectivity index (χ4v) is 16.4. The molecular formula is C65H70N8O13S2. The van der Waals surface area contributed by atoms with E-state index in [1.54, 1.807) is 15.6 Å². The Morgan fingerprint density at radius 1 is 0.841 bits per heavy atom. The van der Waals surface area contributed by atoms with Gasteiger partial charge in [-0.1, -0.05) is 68.4 Å². The average molecular weight is 1240 g/mol. The molecule has 7 aromatic rings. The van der Waals surface area contributed by atoms with E-state index in [1.165, 1.54) is 24.3 Å². The standard InChI is InChI=1S/C23H27N7O3S2.C23H24O7.C19H19NO3/c1-35(31,32)30-7-5-28(6-8-30)15-16-13-20-21(34-16)23(29-9-11-33-12-10-29)26-22(25-20)17-3-2-4-19-18(17)14-24-27-19;1-5-15-23(4)17-11(21(27)30-15)9-28-20(17)19(26)16-12-6-7-14(25)22(12,3)8-13(18(16)23)29-10(2)24;21-17-13-18(20-9-11-22-12-10-20)23-19-15(7-4-8-16(17)19)14-5-2-1-3-6-14/h2-4,13-14H,5-12,15H2,1H3,(H,24,27);9,12-13,15H,5-8H2,1-4H3;1-8,18H,9-13H2/t;12-,13+,15+,22-,23-;/m.0./s1. The third-order valence-corrected chi connectivity index (χ3v) is 21.2. The van der Waals surface area contributed by atoms with Gasteiger partial charge < -0.3 is 33.0 Å². The molecule has 0 bridgehead atoms. The molecule has 3 saturated heterocycles. The monoisotopic (exact) mass is 1230 g/mol. The summed E-state index contributed by atoms with van der Waals surface area (Å²) >= 11 is 1.73. The SMILES string of the molecule is CC[C@H]1OC(=O)c2coc3c2[C@@]1(C)C1=C(C3=O)[C@@H]2CCC(=O)[C@@]2(C)C[C@H]1OC(C)=O.CS(=O)(=O)N1CCN(Cc2cc3nc(-c4cccc5[nH]ncc45)nc(N4CCOCC4)c3s2)CC1.O=C1CC(N2CCOCC2)Oc2c1cccc2-c1ccccc1. The van der Waals surface area contributed by atoms with Crippen molar-refractivity contribution in [3.05, 3.63) is 124 Å². The maximum Gasteiger partial charge on any atom is 0.342 e. The van der Waals surface area contributed by atoms with E-state index in [4.69, 9.17) is 38.1 Å². The minimum absolute atomic E-state index is 0.0854. The molecule has 0 spiro atoms. The molecule has 1 saturated carbocycles. The summed E-state index contributed by atoms with van der Waals surface area (Å²) in [6, 6.07) is 24.1. The number of carbonyl (C=O) groups excluding carboxylic acids is 5. The van der Waals surface area contributed by atoms with Crippen LogP contribution in [-0.4, -0.2) is 175 Å². The Hall–Kier alpha value is -7.51. The summed E-state index contributed by atoms with van der Waals surface area (Å²) in [6.07, 6.45) is 5.13. The van der Waals surface area contributed by atoms with Crippen molar-refractivity contribution in [1.82, 2.24) is 34.3 Å². The number of fused-ring (bicyclic) bond motifs is 6. The Morgan fingerprint density at radius 3 is 2.28 bits per heavy atom. The highest BCUT2D eigenvalue weighted by Gasteiger charge is 2.64.